The molecule has 2 aromatic rings. The Morgan fingerprint density at radius 2 is 2.15 bits per heavy atom. The third-order valence-corrected chi connectivity index (χ3v) is 5.31. The van der Waals surface area contributed by atoms with Crippen LogP contribution in [0.2, 0.25) is 0 Å². The van der Waals surface area contributed by atoms with Crippen molar-refractivity contribution in [1.29, 1.82) is 0 Å². The summed E-state index contributed by atoms with van der Waals surface area (Å²) in [4.78, 5) is 18.9. The normalized spacial score (nSPS) is 17.7. The molecule has 1 aliphatic rings. The van der Waals surface area contributed by atoms with E-state index in [9.17, 15) is 4.79 Å². The Morgan fingerprint density at radius 1 is 1.38 bits per heavy atom. The van der Waals surface area contributed by atoms with Crippen molar-refractivity contribution in [2.75, 3.05) is 25.4 Å². The fourth-order valence-corrected chi connectivity index (χ4v) is 3.62. The van der Waals surface area contributed by atoms with Gasteiger partial charge in [0.2, 0.25) is 5.91 Å². The molecule has 1 atom stereocenters. The number of nitrogens with two attached hydrogens (primary N) is 1. The first-order valence-electron chi connectivity index (χ1n) is 9.45. The van der Waals surface area contributed by atoms with Gasteiger partial charge in [-0.25, -0.2) is 0 Å². The van der Waals surface area contributed by atoms with E-state index in [1.807, 2.05) is 50.8 Å². The number of aromatic nitrogens is 1. The molecule has 2 N–H and O–H groups in total. The van der Waals surface area contributed by atoms with Gasteiger partial charge in [-0.3, -0.25) is 9.78 Å². The smallest absolute Gasteiger partial charge is 0.225 e. The van der Waals surface area contributed by atoms with Gasteiger partial charge in [0.15, 0.2) is 0 Å². The van der Waals surface area contributed by atoms with Crippen LogP contribution in [-0.4, -0.2) is 35.5 Å². The van der Waals surface area contributed by atoms with Crippen LogP contribution in [0.3, 0.4) is 0 Å². The number of pyridine rings is 1. The number of likely N-dealkylation sites (tertiary alicyclic amines) is 1. The van der Waals surface area contributed by atoms with E-state index in [0.717, 1.165) is 59.5 Å². The minimum Gasteiger partial charge on any atom is -0.492 e. The van der Waals surface area contributed by atoms with E-state index in [1.54, 1.807) is 0 Å². The summed E-state index contributed by atoms with van der Waals surface area (Å²) in [5.41, 5.74) is 9.90. The van der Waals surface area contributed by atoms with Crippen LogP contribution < -0.4 is 10.5 Å². The number of benzene rings is 1. The first-order chi connectivity index (χ1) is 12.4. The average molecular weight is 355 g/mol. The molecule has 1 fully saturated rings. The Kier molecular flexibility index (Phi) is 5.35. The molecule has 5 nitrogen and oxygen atoms in total. The number of piperidine rings is 1. The van der Waals surface area contributed by atoms with Crippen molar-refractivity contribution in [3.63, 3.8) is 0 Å². The number of hydrogen-bond acceptors (Lipinski definition) is 4. The SMILES string of the molecule is Cc1nc2cccc(OCC3CCCN(C(=O)C(C)C)C3)c2c(N)c1C. The highest BCUT2D eigenvalue weighted by Crippen LogP contribution is 2.33. The number of carbonyl (C=O) groups excluding carboxylic acids is 1. The molecule has 1 aliphatic heterocycles. The van der Waals surface area contributed by atoms with Gasteiger partial charge < -0.3 is 15.4 Å². The molecule has 1 aromatic carbocycles. The average Bonchev–Trinajstić information content (AvgIpc) is 2.63. The molecule has 0 bridgehead atoms. The van der Waals surface area contributed by atoms with Crippen molar-refractivity contribution >= 4 is 22.5 Å². The molecule has 3 rings (SSSR count). The van der Waals surface area contributed by atoms with Gasteiger partial charge >= 0.3 is 0 Å². The molecule has 26 heavy (non-hydrogen) atoms. The zero-order chi connectivity index (χ0) is 18.8. The zero-order valence-corrected chi connectivity index (χ0v) is 16.2. The van der Waals surface area contributed by atoms with Crippen molar-refractivity contribution in [3.05, 3.63) is 29.5 Å². The van der Waals surface area contributed by atoms with E-state index in [2.05, 4.69) is 4.98 Å². The van der Waals surface area contributed by atoms with Crippen LogP contribution >= 0.6 is 0 Å². The Labute approximate surface area is 155 Å². The van der Waals surface area contributed by atoms with Crippen molar-refractivity contribution < 1.29 is 9.53 Å². The molecule has 1 saturated heterocycles. The first kappa shape index (κ1) is 18.5. The molecular formula is C21H29N3O2. The number of nitrogen functional groups attached to an aromatic ring is 1. The van der Waals surface area contributed by atoms with E-state index in [1.165, 1.54) is 0 Å². The molecule has 0 saturated carbocycles. The van der Waals surface area contributed by atoms with E-state index in [-0.39, 0.29) is 11.8 Å². The Hall–Kier alpha value is -2.30. The van der Waals surface area contributed by atoms with E-state index < -0.39 is 0 Å². The fourth-order valence-electron chi connectivity index (χ4n) is 3.62. The van der Waals surface area contributed by atoms with E-state index in [4.69, 9.17) is 10.5 Å². The molecule has 140 valence electrons. The lowest BCUT2D eigenvalue weighted by molar-refractivity contribution is -0.136. The van der Waals surface area contributed by atoms with Gasteiger partial charge in [0.1, 0.15) is 5.75 Å². The molecule has 0 spiro atoms. The second-order valence-electron chi connectivity index (χ2n) is 7.64. The number of amides is 1. The number of hydrogen-bond donors (Lipinski definition) is 1. The van der Waals surface area contributed by atoms with Crippen molar-refractivity contribution in [1.82, 2.24) is 9.88 Å². The minimum absolute atomic E-state index is 0.0461. The number of fused-ring (bicyclic) bond motifs is 1. The topological polar surface area (TPSA) is 68.5 Å². The predicted octanol–water partition coefficient (Wildman–Crippen LogP) is 3.71. The number of anilines is 1. The highest BCUT2D eigenvalue weighted by molar-refractivity contribution is 5.97. The standard InChI is InChI=1S/C21H29N3O2/c1-13(2)21(25)24-10-6-7-16(11-24)12-26-18-9-5-8-17-19(18)20(22)14(3)15(4)23-17/h5,8-9,13,16H,6-7,10-12H2,1-4H3,(H2,22,23). The highest BCUT2D eigenvalue weighted by Gasteiger charge is 2.25. The van der Waals surface area contributed by atoms with Gasteiger partial charge in [0, 0.05) is 36.3 Å². The third kappa shape index (κ3) is 3.62. The third-order valence-electron chi connectivity index (χ3n) is 5.31. The van der Waals surface area contributed by atoms with Crippen molar-refractivity contribution in [2.24, 2.45) is 11.8 Å². The van der Waals surface area contributed by atoms with Crippen LogP contribution in [0.1, 0.15) is 37.9 Å². The Balaban J connectivity index is 1.76. The van der Waals surface area contributed by atoms with Crippen molar-refractivity contribution in [2.45, 2.75) is 40.5 Å². The lowest BCUT2D eigenvalue weighted by atomic mass is 9.97. The highest BCUT2D eigenvalue weighted by atomic mass is 16.5. The molecule has 1 unspecified atom stereocenters. The van der Waals surface area contributed by atoms with Gasteiger partial charge in [-0.15, -0.1) is 0 Å². The summed E-state index contributed by atoms with van der Waals surface area (Å²) < 4.78 is 6.17. The summed E-state index contributed by atoms with van der Waals surface area (Å²) in [6, 6.07) is 5.87. The van der Waals surface area contributed by atoms with Gasteiger partial charge in [-0.05, 0) is 44.4 Å². The monoisotopic (exact) mass is 355 g/mol. The number of rotatable bonds is 4. The van der Waals surface area contributed by atoms with Crippen LogP contribution in [0.15, 0.2) is 18.2 Å². The van der Waals surface area contributed by atoms with Gasteiger partial charge in [-0.1, -0.05) is 19.9 Å². The Bertz CT molecular complexity index is 816. The van der Waals surface area contributed by atoms with Gasteiger partial charge in [0.25, 0.3) is 0 Å². The summed E-state index contributed by atoms with van der Waals surface area (Å²) in [7, 11) is 0. The van der Waals surface area contributed by atoms with Crippen LogP contribution in [0, 0.1) is 25.7 Å². The van der Waals surface area contributed by atoms with Crippen molar-refractivity contribution in [3.8, 4) is 5.75 Å². The van der Waals surface area contributed by atoms with Crippen LogP contribution in [0.5, 0.6) is 5.75 Å². The predicted molar refractivity (Wildman–Crippen MR) is 105 cm³/mol. The molecular weight excluding hydrogens is 326 g/mol. The maximum absolute atomic E-state index is 12.3. The van der Waals surface area contributed by atoms with E-state index >= 15 is 0 Å². The number of nitrogens with zero attached hydrogens (tertiary/aromatic N) is 2. The lowest BCUT2D eigenvalue weighted by Crippen LogP contribution is -2.43. The first-order valence-corrected chi connectivity index (χ1v) is 9.45. The number of ether oxygens (including phenoxy) is 1. The Morgan fingerprint density at radius 3 is 2.88 bits per heavy atom. The zero-order valence-electron chi connectivity index (χ0n) is 16.2. The maximum Gasteiger partial charge on any atom is 0.225 e. The molecule has 0 aliphatic carbocycles. The minimum atomic E-state index is 0.0461. The van der Waals surface area contributed by atoms with Crippen LogP contribution in [-0.2, 0) is 4.79 Å². The second kappa shape index (κ2) is 7.52. The summed E-state index contributed by atoms with van der Waals surface area (Å²) >= 11 is 0. The molecule has 0 radical (unpaired) electrons. The molecule has 2 heterocycles. The van der Waals surface area contributed by atoms with Crippen LogP contribution in [0.4, 0.5) is 5.69 Å². The largest absolute Gasteiger partial charge is 0.492 e. The maximum atomic E-state index is 12.3. The second-order valence-corrected chi connectivity index (χ2v) is 7.64. The van der Waals surface area contributed by atoms with Gasteiger partial charge in [0.05, 0.1) is 17.5 Å². The fraction of sp³-hybridized carbons (Fsp3) is 0.524. The summed E-state index contributed by atoms with van der Waals surface area (Å²) in [5.74, 6) is 1.41. The van der Waals surface area contributed by atoms with Crippen LogP contribution in [0.25, 0.3) is 10.9 Å². The lowest BCUT2D eigenvalue weighted by Gasteiger charge is -2.33. The quantitative estimate of drug-likeness (QED) is 0.908. The molecule has 1 aromatic heterocycles. The molecule has 1 amide bonds. The summed E-state index contributed by atoms with van der Waals surface area (Å²) in [5, 5.41) is 0.890. The summed E-state index contributed by atoms with van der Waals surface area (Å²) in [6.45, 7) is 10.1. The number of carbonyl (C=O) groups is 1. The van der Waals surface area contributed by atoms with E-state index in [0.29, 0.717) is 12.5 Å². The number of aryl methyl sites for hydroxylation is 1. The van der Waals surface area contributed by atoms with Gasteiger partial charge in [-0.2, -0.15) is 0 Å². The summed E-state index contributed by atoms with van der Waals surface area (Å²) in [6.07, 6.45) is 2.11. The molecule has 5 heteroatoms.